The van der Waals surface area contributed by atoms with Crippen LogP contribution in [0, 0.1) is 31.6 Å². The average Bonchev–Trinajstić information content (AvgIpc) is 3.22. The van der Waals surface area contributed by atoms with Gasteiger partial charge >= 0.3 is 0 Å². The molecule has 0 bridgehead atoms. The van der Waals surface area contributed by atoms with E-state index in [1.54, 1.807) is 24.3 Å². The van der Waals surface area contributed by atoms with E-state index >= 15 is 0 Å². The zero-order valence-corrected chi connectivity index (χ0v) is 23.7. The molecule has 0 unspecified atom stereocenters. The molecule has 1 fully saturated rings. The van der Waals surface area contributed by atoms with Crippen LogP contribution in [0.5, 0.6) is 5.75 Å². The highest BCUT2D eigenvalue weighted by Gasteiger charge is 2.54. The lowest BCUT2D eigenvalue weighted by Crippen LogP contribution is -2.38. The normalized spacial score (nSPS) is 21.8. The maximum atomic E-state index is 13.6. The van der Waals surface area contributed by atoms with Gasteiger partial charge in [0.2, 0.25) is 11.8 Å². The summed E-state index contributed by atoms with van der Waals surface area (Å²) in [6.45, 7) is 5.33. The number of aromatic hydroxyl groups is 1. The van der Waals surface area contributed by atoms with Crippen molar-refractivity contribution in [3.8, 4) is 5.75 Å². The van der Waals surface area contributed by atoms with Crippen LogP contribution in [0.25, 0.3) is 11.6 Å². The molecule has 6 heteroatoms. The van der Waals surface area contributed by atoms with Crippen LogP contribution in [0.1, 0.15) is 48.4 Å². The van der Waals surface area contributed by atoms with Crippen molar-refractivity contribution in [2.24, 2.45) is 17.8 Å². The Bertz CT molecular complexity index is 1490. The number of benzene rings is 3. The number of para-hydroxylation sites is 1. The number of aliphatic hydroxyl groups excluding tert-OH is 2. The van der Waals surface area contributed by atoms with Crippen LogP contribution in [0.2, 0.25) is 0 Å². The zero-order chi connectivity index (χ0) is 29.3. The van der Waals surface area contributed by atoms with Gasteiger partial charge in [-0.05, 0) is 97.7 Å². The Labute approximate surface area is 241 Å². The Morgan fingerprint density at radius 3 is 2.17 bits per heavy atom. The molecule has 1 heterocycles. The summed E-state index contributed by atoms with van der Waals surface area (Å²) in [5.74, 6) is -2.14. The van der Waals surface area contributed by atoms with E-state index in [2.05, 4.69) is 6.08 Å². The van der Waals surface area contributed by atoms with Crippen molar-refractivity contribution in [3.63, 3.8) is 0 Å². The molecule has 212 valence electrons. The first kappa shape index (κ1) is 28.5. The third kappa shape index (κ3) is 5.50. The van der Waals surface area contributed by atoms with Crippen LogP contribution in [-0.4, -0.2) is 39.8 Å². The predicted octanol–water partition coefficient (Wildman–Crippen LogP) is 5.83. The van der Waals surface area contributed by atoms with Gasteiger partial charge in [-0.2, -0.15) is 0 Å². The molecule has 0 radical (unpaired) electrons. The lowest BCUT2D eigenvalue weighted by atomic mass is 9.68. The largest absolute Gasteiger partial charge is 0.507 e. The molecule has 2 aliphatic rings. The Balaban J connectivity index is 1.41. The molecule has 41 heavy (non-hydrogen) atoms. The van der Waals surface area contributed by atoms with Gasteiger partial charge in [-0.25, -0.2) is 0 Å². The van der Waals surface area contributed by atoms with Gasteiger partial charge in [0.05, 0.1) is 30.2 Å². The minimum absolute atomic E-state index is 0.244. The van der Waals surface area contributed by atoms with E-state index in [9.17, 15) is 24.9 Å². The van der Waals surface area contributed by atoms with Crippen molar-refractivity contribution in [3.05, 3.63) is 106 Å². The summed E-state index contributed by atoms with van der Waals surface area (Å²) in [6.07, 6.45) is 2.53. The van der Waals surface area contributed by atoms with Crippen molar-refractivity contribution < 1.29 is 24.9 Å². The average molecular weight is 552 g/mol. The standard InChI is InChI=1S/C35H37NO5/c1-21-18-28-32(35(41)36(34(28)40)27-12-8-5-9-13-27)29(20-37)31(21)30(38)15-14-26(25-10-6-4-7-11-25)19-24-16-22(2)33(39)23(3)17-24/h4-13,16-17,19,28-30,32,37-39H,14-15,18,20H2,1-3H3/b26-19-/t28-,29+,30-,32-/m1/s1. The highest BCUT2D eigenvalue weighted by atomic mass is 16.3. The topological polar surface area (TPSA) is 98.1 Å². The molecule has 0 saturated carbocycles. The summed E-state index contributed by atoms with van der Waals surface area (Å²) in [5, 5.41) is 32.3. The highest BCUT2D eigenvalue weighted by molar-refractivity contribution is 6.22. The second kappa shape index (κ2) is 11.9. The third-order valence-electron chi connectivity index (χ3n) is 8.58. The quantitative estimate of drug-likeness (QED) is 0.186. The SMILES string of the molecule is CC1=C([C@H](O)CC/C(=C/c2cc(C)c(O)c(C)c2)c2ccccc2)[C@H](CO)[C@@H]2C(=O)N(c3ccccc3)C(=O)[C@@H]2C1. The maximum Gasteiger partial charge on any atom is 0.238 e. The van der Waals surface area contributed by atoms with Crippen LogP contribution in [0.3, 0.4) is 0 Å². The van der Waals surface area contributed by atoms with E-state index in [0.29, 0.717) is 30.5 Å². The molecule has 3 N–H and O–H groups in total. The summed E-state index contributed by atoms with van der Waals surface area (Å²) >= 11 is 0. The van der Waals surface area contributed by atoms with Crippen LogP contribution < -0.4 is 4.90 Å². The molecule has 1 aliphatic carbocycles. The Morgan fingerprint density at radius 2 is 1.56 bits per heavy atom. The summed E-state index contributed by atoms with van der Waals surface area (Å²) in [6, 6.07) is 22.8. The number of rotatable bonds is 8. The van der Waals surface area contributed by atoms with E-state index < -0.39 is 23.9 Å². The minimum atomic E-state index is -0.878. The van der Waals surface area contributed by atoms with Crippen LogP contribution in [0.15, 0.2) is 83.9 Å². The molecule has 1 aliphatic heterocycles. The Hall–Kier alpha value is -4.00. The molecule has 6 nitrogen and oxygen atoms in total. The molecule has 4 atom stereocenters. The van der Waals surface area contributed by atoms with Crippen LogP contribution in [-0.2, 0) is 9.59 Å². The Morgan fingerprint density at radius 1 is 0.951 bits per heavy atom. The number of hydrogen-bond donors (Lipinski definition) is 3. The highest BCUT2D eigenvalue weighted by Crippen LogP contribution is 2.47. The minimum Gasteiger partial charge on any atom is -0.507 e. The fourth-order valence-corrected chi connectivity index (χ4v) is 6.62. The first-order chi connectivity index (χ1) is 19.7. The van der Waals surface area contributed by atoms with Gasteiger partial charge in [-0.3, -0.25) is 14.5 Å². The van der Waals surface area contributed by atoms with Crippen LogP contribution in [0.4, 0.5) is 5.69 Å². The van der Waals surface area contributed by atoms with Gasteiger partial charge in [-0.1, -0.05) is 60.2 Å². The first-order valence-electron chi connectivity index (χ1n) is 14.2. The van der Waals surface area contributed by atoms with Gasteiger partial charge in [0.1, 0.15) is 5.75 Å². The zero-order valence-electron chi connectivity index (χ0n) is 23.7. The van der Waals surface area contributed by atoms with E-state index in [0.717, 1.165) is 33.4 Å². The van der Waals surface area contributed by atoms with E-state index in [4.69, 9.17) is 0 Å². The lowest BCUT2D eigenvalue weighted by Gasteiger charge is -2.35. The fourth-order valence-electron chi connectivity index (χ4n) is 6.62. The number of nitrogens with zero attached hydrogens (tertiary/aromatic N) is 1. The number of phenolic OH excluding ortho intramolecular Hbond substituents is 1. The van der Waals surface area contributed by atoms with Gasteiger partial charge in [-0.15, -0.1) is 0 Å². The van der Waals surface area contributed by atoms with Crippen molar-refractivity contribution in [1.82, 2.24) is 0 Å². The number of imide groups is 1. The van der Waals surface area contributed by atoms with Gasteiger partial charge in [0.25, 0.3) is 0 Å². The molecular formula is C35H37NO5. The molecule has 3 aromatic carbocycles. The molecule has 0 spiro atoms. The van der Waals surface area contributed by atoms with Crippen molar-refractivity contribution in [2.75, 3.05) is 11.5 Å². The summed E-state index contributed by atoms with van der Waals surface area (Å²) in [7, 11) is 0. The molecule has 1 saturated heterocycles. The van der Waals surface area contributed by atoms with E-state index in [1.807, 2.05) is 69.3 Å². The first-order valence-corrected chi connectivity index (χ1v) is 14.2. The summed E-state index contributed by atoms with van der Waals surface area (Å²) in [5.41, 5.74) is 6.70. The number of allylic oxidation sites excluding steroid dienone is 2. The number of hydrogen-bond acceptors (Lipinski definition) is 5. The summed E-state index contributed by atoms with van der Waals surface area (Å²) < 4.78 is 0. The number of phenols is 1. The molecule has 2 amide bonds. The molecule has 3 aromatic rings. The second-order valence-electron chi connectivity index (χ2n) is 11.3. The smallest absolute Gasteiger partial charge is 0.238 e. The van der Waals surface area contributed by atoms with Crippen molar-refractivity contribution in [1.29, 1.82) is 0 Å². The number of anilines is 1. The predicted molar refractivity (Wildman–Crippen MR) is 161 cm³/mol. The second-order valence-corrected chi connectivity index (χ2v) is 11.3. The number of aryl methyl sites for hydroxylation is 2. The molecule has 0 aromatic heterocycles. The molecular weight excluding hydrogens is 514 g/mol. The number of fused-ring (bicyclic) bond motifs is 1. The van der Waals surface area contributed by atoms with Crippen LogP contribution >= 0.6 is 0 Å². The number of amides is 2. The third-order valence-corrected chi connectivity index (χ3v) is 8.58. The number of carbonyl (C=O) groups excluding carboxylic acids is 2. The summed E-state index contributed by atoms with van der Waals surface area (Å²) in [4.78, 5) is 28.2. The van der Waals surface area contributed by atoms with Gasteiger partial charge in [0, 0.05) is 5.92 Å². The number of carbonyl (C=O) groups is 2. The van der Waals surface area contributed by atoms with Crippen molar-refractivity contribution >= 4 is 29.2 Å². The Kier molecular flexibility index (Phi) is 8.25. The number of aliphatic hydroxyl groups is 2. The lowest BCUT2D eigenvalue weighted by molar-refractivity contribution is -0.123. The molecule has 5 rings (SSSR count). The van der Waals surface area contributed by atoms with E-state index in [-0.39, 0.29) is 24.2 Å². The maximum absolute atomic E-state index is 13.6. The van der Waals surface area contributed by atoms with Gasteiger partial charge < -0.3 is 15.3 Å². The monoisotopic (exact) mass is 551 g/mol. The van der Waals surface area contributed by atoms with Gasteiger partial charge in [0.15, 0.2) is 0 Å². The van der Waals surface area contributed by atoms with Crippen molar-refractivity contribution in [2.45, 2.75) is 46.1 Å². The fraction of sp³-hybridized carbons (Fsp3) is 0.314. The van der Waals surface area contributed by atoms with E-state index in [1.165, 1.54) is 4.90 Å².